The molecule has 0 saturated carbocycles. The second-order valence-electron chi connectivity index (χ2n) is 14.3. The zero-order valence-electron chi connectivity index (χ0n) is 32.4. The third-order valence-corrected chi connectivity index (χ3v) is 9.79. The number of ketones is 1. The maximum Gasteiger partial charge on any atom is 0.316 e. The summed E-state index contributed by atoms with van der Waals surface area (Å²) in [7, 11) is 0. The lowest BCUT2D eigenvalue weighted by Crippen LogP contribution is -2.39. The lowest BCUT2D eigenvalue weighted by Gasteiger charge is -2.13. The third-order valence-electron chi connectivity index (χ3n) is 9.79. The van der Waals surface area contributed by atoms with Gasteiger partial charge in [-0.3, -0.25) is 19.1 Å². The van der Waals surface area contributed by atoms with E-state index in [1.54, 1.807) is 0 Å². The van der Waals surface area contributed by atoms with E-state index in [1.807, 2.05) is 4.58 Å². The molecule has 0 unspecified atom stereocenters. The van der Waals surface area contributed by atoms with Gasteiger partial charge in [0, 0.05) is 12.8 Å². The van der Waals surface area contributed by atoms with E-state index in [0.29, 0.717) is 38.4 Å². The van der Waals surface area contributed by atoms with Gasteiger partial charge in [-0.25, -0.2) is 0 Å². The Labute approximate surface area is 303 Å². The van der Waals surface area contributed by atoms with Crippen LogP contribution in [0, 0.1) is 0 Å². The highest BCUT2D eigenvalue weighted by molar-refractivity contribution is 6.36. The average molecular weight is 688 g/mol. The summed E-state index contributed by atoms with van der Waals surface area (Å²) in [6.45, 7) is 7.35. The number of unbranched alkanes of at least 4 members (excludes halogenated alkanes) is 22. The zero-order valence-corrected chi connectivity index (χ0v) is 32.4. The summed E-state index contributed by atoms with van der Waals surface area (Å²) in [4.78, 5) is 27.6. The SMILES string of the molecule is CCCCCCCC/C=C\CCCCCCCC(=O)OCCN1CC[N+](CCO)=C1C(=O)CCCCCCC/C=C\CCCCCCCC. The standard InChI is InChI=1S/C43H79N2O4/c1-3-5-7-9-11-13-15-17-19-21-23-25-27-29-31-33-41(47)43-44(37-39-46)35-36-45(43)38-40-49-42(48)34-32-30-28-26-24-22-20-18-16-14-12-10-8-6-4-2/h17-20,46H,3-16,21-40H2,1-2H3/q+1/b19-17-,20-18-. The van der Waals surface area contributed by atoms with Gasteiger partial charge >= 0.3 is 11.8 Å². The Balaban J connectivity index is 2.11. The van der Waals surface area contributed by atoms with Crippen molar-refractivity contribution in [2.45, 2.75) is 194 Å². The summed E-state index contributed by atoms with van der Waals surface area (Å²) in [5.74, 6) is 0.728. The number of Topliss-reactive ketones (excluding diaryl/α,β-unsaturated/α-hetero) is 1. The molecule has 6 heteroatoms. The number of hydrogen-bond donors (Lipinski definition) is 1. The van der Waals surface area contributed by atoms with E-state index in [-0.39, 0.29) is 18.4 Å². The summed E-state index contributed by atoms with van der Waals surface area (Å²) in [5, 5.41) is 9.55. The van der Waals surface area contributed by atoms with Gasteiger partial charge in [-0.2, -0.15) is 0 Å². The molecule has 0 aliphatic carbocycles. The molecule has 0 aromatic carbocycles. The van der Waals surface area contributed by atoms with Crippen LogP contribution in [0.2, 0.25) is 0 Å². The Kier molecular flexibility index (Phi) is 31.7. The van der Waals surface area contributed by atoms with Gasteiger partial charge in [0.15, 0.2) is 0 Å². The van der Waals surface area contributed by atoms with Crippen LogP contribution in [-0.4, -0.2) is 71.6 Å². The molecule has 1 rings (SSSR count). The Hall–Kier alpha value is -1.95. The van der Waals surface area contributed by atoms with Crippen LogP contribution in [0.5, 0.6) is 0 Å². The van der Waals surface area contributed by atoms with Gasteiger partial charge in [0.25, 0.3) is 0 Å². The smallest absolute Gasteiger partial charge is 0.316 e. The van der Waals surface area contributed by atoms with E-state index in [4.69, 9.17) is 4.74 Å². The molecule has 6 nitrogen and oxygen atoms in total. The number of nitrogens with zero attached hydrogens (tertiary/aromatic N) is 2. The number of carbonyl (C=O) groups excluding carboxylic acids is 2. The molecule has 0 amide bonds. The molecule has 0 atom stereocenters. The van der Waals surface area contributed by atoms with Crippen LogP contribution in [-0.2, 0) is 14.3 Å². The Bertz CT molecular complexity index is 881. The van der Waals surface area contributed by atoms with E-state index in [9.17, 15) is 14.7 Å². The number of hydrogen-bond acceptors (Lipinski definition) is 5. The van der Waals surface area contributed by atoms with Crippen molar-refractivity contribution < 1.29 is 24.0 Å². The van der Waals surface area contributed by atoms with Crippen LogP contribution in [0.15, 0.2) is 24.3 Å². The molecule has 0 bridgehead atoms. The maximum absolute atomic E-state index is 13.2. The van der Waals surface area contributed by atoms with Crippen molar-refractivity contribution >= 4 is 17.6 Å². The van der Waals surface area contributed by atoms with Gasteiger partial charge in [-0.15, -0.1) is 0 Å². The van der Waals surface area contributed by atoms with E-state index < -0.39 is 0 Å². The number of aliphatic hydroxyl groups excluding tert-OH is 1. The van der Waals surface area contributed by atoms with Crippen molar-refractivity contribution in [2.75, 3.05) is 39.4 Å². The molecule has 1 N–H and O–H groups in total. The van der Waals surface area contributed by atoms with E-state index in [2.05, 4.69) is 43.1 Å². The van der Waals surface area contributed by atoms with Crippen LogP contribution < -0.4 is 0 Å². The first kappa shape index (κ1) is 45.1. The number of esters is 1. The highest BCUT2D eigenvalue weighted by Gasteiger charge is 2.35. The topological polar surface area (TPSA) is 69.8 Å². The van der Waals surface area contributed by atoms with Crippen LogP contribution >= 0.6 is 0 Å². The molecule has 0 aromatic rings. The lowest BCUT2D eigenvalue weighted by molar-refractivity contribution is -0.519. The molecule has 0 aromatic heterocycles. The molecule has 0 radical (unpaired) electrons. The van der Waals surface area contributed by atoms with Gasteiger partial charge in [0.2, 0.25) is 5.78 Å². The quantitative estimate of drug-likeness (QED) is 0.0307. The lowest BCUT2D eigenvalue weighted by atomic mass is 10.1. The summed E-state index contributed by atoms with van der Waals surface area (Å²) < 4.78 is 7.56. The van der Waals surface area contributed by atoms with Crippen LogP contribution in [0.3, 0.4) is 0 Å². The van der Waals surface area contributed by atoms with Crippen molar-refractivity contribution in [3.05, 3.63) is 24.3 Å². The minimum absolute atomic E-state index is 0.0307. The monoisotopic (exact) mass is 688 g/mol. The second-order valence-corrected chi connectivity index (χ2v) is 14.3. The number of β-amino-alcohol motifs (C(OH)–C–C–N with tert-alkyl or cyclic N) is 1. The predicted molar refractivity (Wildman–Crippen MR) is 209 cm³/mol. The average Bonchev–Trinajstić information content (AvgIpc) is 3.50. The molecular weight excluding hydrogens is 608 g/mol. The minimum Gasteiger partial charge on any atom is -0.462 e. The molecule has 0 spiro atoms. The van der Waals surface area contributed by atoms with Gasteiger partial charge in [0.1, 0.15) is 32.8 Å². The van der Waals surface area contributed by atoms with Crippen molar-refractivity contribution in [1.82, 2.24) is 4.90 Å². The minimum atomic E-state index is -0.134. The summed E-state index contributed by atoms with van der Waals surface area (Å²) in [6.07, 6.45) is 42.7. The number of amidine groups is 1. The molecule has 284 valence electrons. The summed E-state index contributed by atoms with van der Waals surface area (Å²) in [5.41, 5.74) is 0. The van der Waals surface area contributed by atoms with Crippen molar-refractivity contribution in [3.63, 3.8) is 0 Å². The first-order valence-corrected chi connectivity index (χ1v) is 21.1. The predicted octanol–water partition coefficient (Wildman–Crippen LogP) is 10.9. The van der Waals surface area contributed by atoms with Crippen LogP contribution in [0.25, 0.3) is 0 Å². The Morgan fingerprint density at radius 3 is 1.53 bits per heavy atom. The molecule has 0 saturated heterocycles. The second kappa shape index (κ2) is 34.5. The van der Waals surface area contributed by atoms with Crippen molar-refractivity contribution in [1.29, 1.82) is 0 Å². The zero-order chi connectivity index (χ0) is 35.5. The van der Waals surface area contributed by atoms with E-state index >= 15 is 0 Å². The maximum atomic E-state index is 13.2. The van der Waals surface area contributed by atoms with Gasteiger partial charge in [-0.05, 0) is 64.2 Å². The van der Waals surface area contributed by atoms with Gasteiger partial charge in [-0.1, -0.05) is 141 Å². The number of allylic oxidation sites excluding steroid dienone is 4. The van der Waals surface area contributed by atoms with Crippen LogP contribution in [0.4, 0.5) is 0 Å². The summed E-state index contributed by atoms with van der Waals surface area (Å²) >= 11 is 0. The Morgan fingerprint density at radius 2 is 1.06 bits per heavy atom. The fraction of sp³-hybridized carbons (Fsp3) is 0.837. The van der Waals surface area contributed by atoms with Crippen molar-refractivity contribution in [3.8, 4) is 0 Å². The first-order chi connectivity index (χ1) is 24.1. The van der Waals surface area contributed by atoms with Crippen LogP contribution in [0.1, 0.15) is 194 Å². The third kappa shape index (κ3) is 26.5. The largest absolute Gasteiger partial charge is 0.462 e. The normalized spacial score (nSPS) is 13.5. The summed E-state index contributed by atoms with van der Waals surface area (Å²) in [6, 6.07) is 0. The number of rotatable bonds is 36. The Morgan fingerprint density at radius 1 is 0.633 bits per heavy atom. The molecule has 0 fully saturated rings. The number of aliphatic hydroxyl groups is 1. The number of ether oxygens (including phenoxy) is 1. The molecule has 1 aliphatic rings. The molecular formula is C43H79N2O4+. The highest BCUT2D eigenvalue weighted by atomic mass is 16.5. The number of carbonyl (C=O) groups is 2. The van der Waals surface area contributed by atoms with E-state index in [1.165, 1.54) is 141 Å². The molecule has 1 heterocycles. The van der Waals surface area contributed by atoms with Gasteiger partial charge in [0.05, 0.1) is 6.61 Å². The fourth-order valence-corrected chi connectivity index (χ4v) is 6.71. The fourth-order valence-electron chi connectivity index (χ4n) is 6.71. The first-order valence-electron chi connectivity index (χ1n) is 21.1. The van der Waals surface area contributed by atoms with Gasteiger partial charge < -0.3 is 9.84 Å². The highest BCUT2D eigenvalue weighted by Crippen LogP contribution is 2.13. The van der Waals surface area contributed by atoms with Crippen molar-refractivity contribution in [2.24, 2.45) is 0 Å². The molecule has 1 aliphatic heterocycles. The van der Waals surface area contributed by atoms with E-state index in [0.717, 1.165) is 38.8 Å². The molecule has 49 heavy (non-hydrogen) atoms.